The summed E-state index contributed by atoms with van der Waals surface area (Å²) >= 11 is 7.93. The van der Waals surface area contributed by atoms with Gasteiger partial charge in [-0.2, -0.15) is 0 Å². The van der Waals surface area contributed by atoms with Gasteiger partial charge in [0.15, 0.2) is 0 Å². The molecule has 1 aliphatic heterocycles. The van der Waals surface area contributed by atoms with Crippen molar-refractivity contribution in [3.05, 3.63) is 95.6 Å². The fourth-order valence-corrected chi connectivity index (χ4v) is 4.87. The van der Waals surface area contributed by atoms with Crippen LogP contribution in [-0.2, 0) is 9.59 Å². The Morgan fingerprint density at radius 2 is 1.80 bits per heavy atom. The van der Waals surface area contributed by atoms with Crippen molar-refractivity contribution in [2.45, 2.75) is 17.7 Å². The molecule has 0 spiro atoms. The molecule has 6 heteroatoms. The molecule has 4 rings (SSSR count). The number of thioether (sulfide) groups is 1. The van der Waals surface area contributed by atoms with Crippen LogP contribution in [-0.4, -0.2) is 17.6 Å². The molecule has 0 unspecified atom stereocenters. The Kier molecular flexibility index (Phi) is 6.11. The molecule has 1 heterocycles. The Balaban J connectivity index is 1.56. The first-order valence-electron chi connectivity index (χ1n) is 9.64. The summed E-state index contributed by atoms with van der Waals surface area (Å²) in [6.07, 6.45) is 0. The fraction of sp³-hybridized carbons (Fsp3) is 0.167. The standard InChI is InChI=1S/C24H21ClN2O2S/c1-16-8-5-6-13-20(16)27-21(28)15-30-24(27)18-11-7-12-19(14-18)26-23(29)22(25)17-9-3-2-4-10-17/h2-14,22,24H,15H2,1H3,(H,26,29)/t22-,24-/m1/s1. The molecule has 0 bridgehead atoms. The first-order valence-corrected chi connectivity index (χ1v) is 11.1. The Labute approximate surface area is 185 Å². The van der Waals surface area contributed by atoms with Crippen LogP contribution >= 0.6 is 23.4 Å². The van der Waals surface area contributed by atoms with Gasteiger partial charge >= 0.3 is 0 Å². The lowest BCUT2D eigenvalue weighted by Crippen LogP contribution is -2.28. The molecule has 1 fully saturated rings. The van der Waals surface area contributed by atoms with Crippen LogP contribution in [0, 0.1) is 6.92 Å². The van der Waals surface area contributed by atoms with E-state index < -0.39 is 5.38 Å². The third-order valence-electron chi connectivity index (χ3n) is 5.00. The highest BCUT2D eigenvalue weighted by Crippen LogP contribution is 2.43. The monoisotopic (exact) mass is 436 g/mol. The van der Waals surface area contributed by atoms with Crippen molar-refractivity contribution in [2.75, 3.05) is 16.0 Å². The van der Waals surface area contributed by atoms with Gasteiger partial charge in [0.2, 0.25) is 11.8 Å². The molecule has 4 nitrogen and oxygen atoms in total. The Bertz CT molecular complexity index is 1070. The topological polar surface area (TPSA) is 49.4 Å². The molecule has 1 aliphatic rings. The van der Waals surface area contributed by atoms with Crippen LogP contribution in [0.4, 0.5) is 11.4 Å². The average Bonchev–Trinajstić information content (AvgIpc) is 3.15. The summed E-state index contributed by atoms with van der Waals surface area (Å²) in [5.41, 5.74) is 4.32. The molecule has 1 saturated heterocycles. The number of anilines is 2. The van der Waals surface area contributed by atoms with Gasteiger partial charge in [-0.1, -0.05) is 60.7 Å². The fourth-order valence-electron chi connectivity index (χ4n) is 3.51. The van der Waals surface area contributed by atoms with Crippen LogP contribution in [0.5, 0.6) is 0 Å². The van der Waals surface area contributed by atoms with Gasteiger partial charge in [0.05, 0.1) is 5.75 Å². The summed E-state index contributed by atoms with van der Waals surface area (Å²) in [6, 6.07) is 24.7. The summed E-state index contributed by atoms with van der Waals surface area (Å²) in [5.74, 6) is 0.220. The second-order valence-corrected chi connectivity index (χ2v) is 8.61. The number of halogens is 1. The molecule has 2 amide bonds. The van der Waals surface area contributed by atoms with Crippen molar-refractivity contribution in [3.63, 3.8) is 0 Å². The number of hydrogen-bond donors (Lipinski definition) is 1. The second kappa shape index (κ2) is 8.94. The van der Waals surface area contributed by atoms with Gasteiger partial charge in [0.25, 0.3) is 0 Å². The number of carbonyl (C=O) groups is 2. The van der Waals surface area contributed by atoms with E-state index in [9.17, 15) is 9.59 Å². The zero-order chi connectivity index (χ0) is 21.1. The lowest BCUT2D eigenvalue weighted by atomic mass is 10.1. The highest BCUT2D eigenvalue weighted by atomic mass is 35.5. The largest absolute Gasteiger partial charge is 0.324 e. The van der Waals surface area contributed by atoms with Crippen molar-refractivity contribution < 1.29 is 9.59 Å². The normalized spacial score (nSPS) is 17.1. The number of hydrogen-bond acceptors (Lipinski definition) is 3. The van der Waals surface area contributed by atoms with Gasteiger partial charge in [-0.3, -0.25) is 14.5 Å². The van der Waals surface area contributed by atoms with E-state index in [1.54, 1.807) is 11.8 Å². The van der Waals surface area contributed by atoms with Crippen molar-refractivity contribution in [3.8, 4) is 0 Å². The minimum atomic E-state index is -0.777. The molecule has 2 atom stereocenters. The third-order valence-corrected chi connectivity index (χ3v) is 6.67. The quantitative estimate of drug-likeness (QED) is 0.522. The molecule has 3 aromatic carbocycles. The van der Waals surface area contributed by atoms with Crippen molar-refractivity contribution in [1.29, 1.82) is 0 Å². The van der Waals surface area contributed by atoms with Gasteiger partial charge in [-0.05, 0) is 41.8 Å². The van der Waals surface area contributed by atoms with Crippen molar-refractivity contribution >= 4 is 46.6 Å². The van der Waals surface area contributed by atoms with E-state index >= 15 is 0 Å². The second-order valence-electron chi connectivity index (χ2n) is 7.10. The summed E-state index contributed by atoms with van der Waals surface area (Å²) in [7, 11) is 0. The van der Waals surface area contributed by atoms with Crippen molar-refractivity contribution in [1.82, 2.24) is 0 Å². The van der Waals surface area contributed by atoms with Crippen LogP contribution in [0.3, 0.4) is 0 Å². The number of alkyl halides is 1. The molecular weight excluding hydrogens is 416 g/mol. The minimum Gasteiger partial charge on any atom is -0.324 e. The zero-order valence-electron chi connectivity index (χ0n) is 16.4. The van der Waals surface area contributed by atoms with Crippen LogP contribution < -0.4 is 10.2 Å². The number of aryl methyl sites for hydroxylation is 1. The minimum absolute atomic E-state index is 0.0821. The van der Waals surface area contributed by atoms with Gasteiger partial charge in [-0.25, -0.2) is 0 Å². The lowest BCUT2D eigenvalue weighted by Gasteiger charge is -2.26. The maximum Gasteiger partial charge on any atom is 0.246 e. The van der Waals surface area contributed by atoms with E-state index in [4.69, 9.17) is 11.6 Å². The number of rotatable bonds is 5. The van der Waals surface area contributed by atoms with Gasteiger partial charge in [0, 0.05) is 11.4 Å². The molecule has 0 radical (unpaired) electrons. The van der Waals surface area contributed by atoms with E-state index in [0.717, 1.165) is 22.4 Å². The maximum absolute atomic E-state index is 12.6. The average molecular weight is 437 g/mol. The predicted molar refractivity (Wildman–Crippen MR) is 124 cm³/mol. The van der Waals surface area contributed by atoms with Crippen molar-refractivity contribution in [2.24, 2.45) is 0 Å². The highest BCUT2D eigenvalue weighted by Gasteiger charge is 2.34. The molecule has 0 saturated carbocycles. The Hall–Kier alpha value is -2.76. The van der Waals surface area contributed by atoms with E-state index in [1.165, 1.54) is 0 Å². The summed E-state index contributed by atoms with van der Waals surface area (Å²) in [4.78, 5) is 27.1. The number of amides is 2. The summed E-state index contributed by atoms with van der Waals surface area (Å²) in [6.45, 7) is 2.00. The number of para-hydroxylation sites is 1. The molecule has 30 heavy (non-hydrogen) atoms. The molecule has 152 valence electrons. The van der Waals surface area contributed by atoms with E-state index in [-0.39, 0.29) is 17.2 Å². The molecule has 0 aromatic heterocycles. The number of nitrogens with zero attached hydrogens (tertiary/aromatic N) is 1. The van der Waals surface area contributed by atoms with E-state index in [1.807, 2.05) is 90.7 Å². The SMILES string of the molecule is Cc1ccccc1N1C(=O)CS[C@@H]1c1cccc(NC(=O)[C@H](Cl)c2ccccc2)c1. The summed E-state index contributed by atoms with van der Waals surface area (Å²) in [5, 5.41) is 1.98. The molecule has 1 N–H and O–H groups in total. The Morgan fingerprint density at radius 3 is 2.57 bits per heavy atom. The van der Waals surface area contributed by atoms with Gasteiger partial charge < -0.3 is 5.32 Å². The molecule has 0 aliphatic carbocycles. The van der Waals surface area contributed by atoms with Gasteiger partial charge in [-0.15, -0.1) is 23.4 Å². The highest BCUT2D eigenvalue weighted by molar-refractivity contribution is 8.00. The molecule has 3 aromatic rings. The van der Waals surface area contributed by atoms with Crippen LogP contribution in [0.15, 0.2) is 78.9 Å². The maximum atomic E-state index is 12.6. The number of carbonyl (C=O) groups excluding carboxylic acids is 2. The van der Waals surface area contributed by atoms with Crippen LogP contribution in [0.1, 0.15) is 27.4 Å². The van der Waals surface area contributed by atoms with Crippen LogP contribution in [0.25, 0.3) is 0 Å². The lowest BCUT2D eigenvalue weighted by molar-refractivity contribution is -0.116. The predicted octanol–water partition coefficient (Wildman–Crippen LogP) is 5.69. The summed E-state index contributed by atoms with van der Waals surface area (Å²) < 4.78 is 0. The molecular formula is C24H21ClN2O2S. The van der Waals surface area contributed by atoms with Gasteiger partial charge in [0.1, 0.15) is 10.8 Å². The number of nitrogens with one attached hydrogen (secondary N) is 1. The zero-order valence-corrected chi connectivity index (χ0v) is 18.0. The third kappa shape index (κ3) is 4.23. The number of benzene rings is 3. The first-order chi connectivity index (χ1) is 14.5. The van der Waals surface area contributed by atoms with E-state index in [0.29, 0.717) is 11.4 Å². The Morgan fingerprint density at radius 1 is 1.07 bits per heavy atom. The van der Waals surface area contributed by atoms with E-state index in [2.05, 4.69) is 5.32 Å². The van der Waals surface area contributed by atoms with Crippen LogP contribution in [0.2, 0.25) is 0 Å². The smallest absolute Gasteiger partial charge is 0.246 e. The first kappa shape index (κ1) is 20.5.